The summed E-state index contributed by atoms with van der Waals surface area (Å²) in [5, 5.41) is 0.784. The molecule has 0 aliphatic rings. The maximum atomic E-state index is 12.0. The van der Waals surface area contributed by atoms with Crippen molar-refractivity contribution in [3.8, 4) is 17.2 Å². The van der Waals surface area contributed by atoms with Crippen molar-refractivity contribution in [3.05, 3.63) is 64.5 Å². The summed E-state index contributed by atoms with van der Waals surface area (Å²) in [5.41, 5.74) is 0.710. The number of hydrogen-bond acceptors (Lipinski definition) is 6. The van der Waals surface area contributed by atoms with Gasteiger partial charge in [0, 0.05) is 17.5 Å². The molecule has 0 amide bonds. The molecule has 3 rings (SSSR count). The number of carbonyl (C=O) groups excluding carboxylic acids is 1. The second-order valence-electron chi connectivity index (χ2n) is 5.55. The third-order valence-electron chi connectivity index (χ3n) is 3.65. The second kappa shape index (κ2) is 7.74. The summed E-state index contributed by atoms with van der Waals surface area (Å²) in [6.07, 6.45) is 0. The fourth-order valence-corrected chi connectivity index (χ4v) is 2.51. The van der Waals surface area contributed by atoms with Gasteiger partial charge in [0.1, 0.15) is 11.3 Å². The van der Waals surface area contributed by atoms with Gasteiger partial charge in [0.2, 0.25) is 0 Å². The highest BCUT2D eigenvalue weighted by Gasteiger charge is 2.11. The van der Waals surface area contributed by atoms with Gasteiger partial charge in [-0.05, 0) is 43.7 Å². The van der Waals surface area contributed by atoms with Gasteiger partial charge in [-0.3, -0.25) is 0 Å². The fraction of sp³-hybridized carbons (Fsp3) is 0.200. The van der Waals surface area contributed by atoms with Crippen LogP contribution < -0.4 is 19.8 Å². The van der Waals surface area contributed by atoms with E-state index in [1.165, 1.54) is 12.1 Å². The van der Waals surface area contributed by atoms with Gasteiger partial charge in [0.15, 0.2) is 18.1 Å². The van der Waals surface area contributed by atoms with Gasteiger partial charge in [0.25, 0.3) is 0 Å². The van der Waals surface area contributed by atoms with E-state index in [1.807, 2.05) is 19.9 Å². The van der Waals surface area contributed by atoms with Crippen molar-refractivity contribution in [1.29, 1.82) is 0 Å². The van der Waals surface area contributed by atoms with Crippen molar-refractivity contribution < 1.29 is 23.4 Å². The maximum absolute atomic E-state index is 12.0. The minimum atomic E-state index is -0.578. The van der Waals surface area contributed by atoms with Crippen molar-refractivity contribution in [2.24, 2.45) is 0 Å². The highest BCUT2D eigenvalue weighted by Crippen LogP contribution is 2.26. The normalized spacial score (nSPS) is 10.5. The van der Waals surface area contributed by atoms with Crippen LogP contribution in [0.2, 0.25) is 0 Å². The van der Waals surface area contributed by atoms with E-state index in [4.69, 9.17) is 18.6 Å². The smallest absolute Gasteiger partial charge is 0.349 e. The Morgan fingerprint density at radius 1 is 1.04 bits per heavy atom. The number of esters is 1. The second-order valence-corrected chi connectivity index (χ2v) is 5.55. The first kappa shape index (κ1) is 17.5. The van der Waals surface area contributed by atoms with Crippen molar-refractivity contribution >= 4 is 16.9 Å². The predicted molar refractivity (Wildman–Crippen MR) is 96.0 cm³/mol. The van der Waals surface area contributed by atoms with Crippen LogP contribution in [0.1, 0.15) is 12.5 Å². The molecule has 26 heavy (non-hydrogen) atoms. The van der Waals surface area contributed by atoms with Gasteiger partial charge in [0.05, 0.1) is 6.61 Å². The number of aryl methyl sites for hydroxylation is 1. The highest BCUT2D eigenvalue weighted by molar-refractivity contribution is 5.82. The van der Waals surface area contributed by atoms with Crippen molar-refractivity contribution in [2.45, 2.75) is 13.8 Å². The molecule has 0 N–H and O–H groups in total. The number of ether oxygens (including phenoxy) is 3. The summed E-state index contributed by atoms with van der Waals surface area (Å²) in [4.78, 5) is 23.5. The Kier molecular flexibility index (Phi) is 5.22. The first-order valence-corrected chi connectivity index (χ1v) is 8.16. The number of fused-ring (bicyclic) bond motifs is 1. The quantitative estimate of drug-likeness (QED) is 0.383. The molecule has 134 valence electrons. The SMILES string of the molecule is CCOc1ccccc1OCC(=O)Oc1ccc2c(C)cc(=O)oc2c1. The lowest BCUT2D eigenvalue weighted by Gasteiger charge is -2.11. The lowest BCUT2D eigenvalue weighted by Crippen LogP contribution is -2.18. The number of rotatable bonds is 6. The molecular weight excluding hydrogens is 336 g/mol. The van der Waals surface area contributed by atoms with Gasteiger partial charge in [-0.15, -0.1) is 0 Å². The zero-order chi connectivity index (χ0) is 18.5. The molecular formula is C20H18O6. The van der Waals surface area contributed by atoms with Crippen molar-refractivity contribution in [2.75, 3.05) is 13.2 Å². The molecule has 0 spiro atoms. The van der Waals surface area contributed by atoms with Crippen LogP contribution in [0.3, 0.4) is 0 Å². The number of hydrogen-bond donors (Lipinski definition) is 0. The molecule has 6 heteroatoms. The van der Waals surface area contributed by atoms with Crippen LogP contribution in [0.25, 0.3) is 11.0 Å². The van der Waals surface area contributed by atoms with Crippen LogP contribution >= 0.6 is 0 Å². The maximum Gasteiger partial charge on any atom is 0.349 e. The van der Waals surface area contributed by atoms with E-state index in [2.05, 4.69) is 0 Å². The molecule has 0 aliphatic heterocycles. The summed E-state index contributed by atoms with van der Waals surface area (Å²) in [6.45, 7) is 3.89. The molecule has 1 heterocycles. The third-order valence-corrected chi connectivity index (χ3v) is 3.65. The molecule has 0 fully saturated rings. The number of carbonyl (C=O) groups is 1. The molecule has 2 aromatic carbocycles. The number of para-hydroxylation sites is 2. The summed E-state index contributed by atoms with van der Waals surface area (Å²) >= 11 is 0. The molecule has 0 bridgehead atoms. The Bertz CT molecular complexity index is 989. The minimum Gasteiger partial charge on any atom is -0.490 e. The standard InChI is InChI=1S/C20H18O6/c1-3-23-16-6-4-5-7-17(16)24-12-20(22)25-14-8-9-15-13(2)10-19(21)26-18(15)11-14/h4-11H,3,12H2,1-2H3. The third kappa shape index (κ3) is 4.03. The Labute approximate surface area is 149 Å². The van der Waals surface area contributed by atoms with E-state index in [9.17, 15) is 9.59 Å². The zero-order valence-corrected chi connectivity index (χ0v) is 14.5. The molecule has 0 unspecified atom stereocenters. The summed E-state index contributed by atoms with van der Waals surface area (Å²) < 4.78 is 21.3. The molecule has 0 atom stereocenters. The summed E-state index contributed by atoms with van der Waals surface area (Å²) in [7, 11) is 0. The minimum absolute atomic E-state index is 0.276. The Balaban J connectivity index is 1.69. The van der Waals surface area contributed by atoms with E-state index in [1.54, 1.807) is 30.3 Å². The largest absolute Gasteiger partial charge is 0.490 e. The lowest BCUT2D eigenvalue weighted by atomic mass is 10.1. The molecule has 3 aromatic rings. The molecule has 0 radical (unpaired) electrons. The van der Waals surface area contributed by atoms with Crippen LogP contribution in [-0.2, 0) is 4.79 Å². The predicted octanol–water partition coefficient (Wildman–Crippen LogP) is 3.48. The fourth-order valence-electron chi connectivity index (χ4n) is 2.51. The van der Waals surface area contributed by atoms with Gasteiger partial charge in [-0.25, -0.2) is 9.59 Å². The highest BCUT2D eigenvalue weighted by atomic mass is 16.6. The number of benzene rings is 2. The molecule has 1 aromatic heterocycles. The van der Waals surface area contributed by atoms with Crippen LogP contribution in [0.5, 0.6) is 17.2 Å². The first-order chi connectivity index (χ1) is 12.6. The Morgan fingerprint density at radius 2 is 1.77 bits per heavy atom. The van der Waals surface area contributed by atoms with E-state index in [0.717, 1.165) is 10.9 Å². The van der Waals surface area contributed by atoms with E-state index < -0.39 is 11.6 Å². The van der Waals surface area contributed by atoms with Gasteiger partial charge in [-0.2, -0.15) is 0 Å². The van der Waals surface area contributed by atoms with Crippen LogP contribution in [0.15, 0.2) is 57.7 Å². The Morgan fingerprint density at radius 3 is 2.50 bits per heavy atom. The average Bonchev–Trinajstić information content (AvgIpc) is 2.61. The zero-order valence-electron chi connectivity index (χ0n) is 14.5. The molecule has 0 saturated heterocycles. The van der Waals surface area contributed by atoms with Crippen molar-refractivity contribution in [1.82, 2.24) is 0 Å². The lowest BCUT2D eigenvalue weighted by molar-refractivity contribution is -0.136. The van der Waals surface area contributed by atoms with E-state index in [-0.39, 0.29) is 12.4 Å². The first-order valence-electron chi connectivity index (χ1n) is 8.16. The topological polar surface area (TPSA) is 75.0 Å². The van der Waals surface area contributed by atoms with E-state index in [0.29, 0.717) is 23.7 Å². The monoisotopic (exact) mass is 354 g/mol. The van der Waals surface area contributed by atoms with Crippen molar-refractivity contribution in [3.63, 3.8) is 0 Å². The van der Waals surface area contributed by atoms with Crippen LogP contribution in [0, 0.1) is 6.92 Å². The molecule has 6 nitrogen and oxygen atoms in total. The van der Waals surface area contributed by atoms with Gasteiger partial charge in [-0.1, -0.05) is 12.1 Å². The average molecular weight is 354 g/mol. The molecule has 0 saturated carbocycles. The molecule has 0 aliphatic carbocycles. The van der Waals surface area contributed by atoms with E-state index >= 15 is 0 Å². The van der Waals surface area contributed by atoms with Crippen LogP contribution in [0.4, 0.5) is 0 Å². The van der Waals surface area contributed by atoms with Crippen LogP contribution in [-0.4, -0.2) is 19.2 Å². The van der Waals surface area contributed by atoms with Gasteiger partial charge >= 0.3 is 11.6 Å². The van der Waals surface area contributed by atoms with Gasteiger partial charge < -0.3 is 18.6 Å². The summed E-state index contributed by atoms with van der Waals surface area (Å²) in [6, 6.07) is 13.4. The summed E-state index contributed by atoms with van der Waals surface area (Å²) in [5.74, 6) is 0.723. The Hall–Kier alpha value is -3.28.